The molecule has 16 heavy (non-hydrogen) atoms. The Balaban J connectivity index is 2.21. The van der Waals surface area contributed by atoms with E-state index in [1.165, 1.54) is 0 Å². The summed E-state index contributed by atoms with van der Waals surface area (Å²) in [5, 5.41) is 3.01. The molecule has 5 heteroatoms. The molecule has 0 aromatic carbocycles. The summed E-state index contributed by atoms with van der Waals surface area (Å²) in [5.74, 6) is 0. The van der Waals surface area contributed by atoms with Crippen LogP contribution in [0.25, 0.3) is 0 Å². The van der Waals surface area contributed by atoms with Crippen molar-refractivity contribution in [2.45, 2.75) is 19.4 Å². The lowest BCUT2D eigenvalue weighted by molar-refractivity contribution is 0.0525. The number of hydrogen-bond acceptors (Lipinski definition) is 3. The number of morpholine rings is 1. The summed E-state index contributed by atoms with van der Waals surface area (Å²) in [6.45, 7) is 5.74. The Labute approximate surface area is 97.7 Å². The molecule has 2 amide bonds. The van der Waals surface area contributed by atoms with Crippen molar-refractivity contribution in [1.29, 1.82) is 0 Å². The molecule has 0 aromatic heterocycles. The second-order valence-electron chi connectivity index (χ2n) is 4.54. The van der Waals surface area contributed by atoms with Crippen molar-refractivity contribution in [3.8, 4) is 0 Å². The van der Waals surface area contributed by atoms with Crippen molar-refractivity contribution >= 4 is 6.03 Å². The summed E-state index contributed by atoms with van der Waals surface area (Å²) in [6, 6.07) is 0.257. The number of hydrogen-bond donors (Lipinski definition) is 1. The molecule has 1 aliphatic heterocycles. The molecule has 1 saturated heterocycles. The monoisotopic (exact) mass is 229 g/mol. The van der Waals surface area contributed by atoms with E-state index in [0.29, 0.717) is 26.3 Å². The molecule has 0 aromatic rings. The highest BCUT2D eigenvalue weighted by Crippen LogP contribution is 1.99. The third-order valence-corrected chi connectivity index (χ3v) is 2.68. The van der Waals surface area contributed by atoms with Crippen LogP contribution in [-0.4, -0.2) is 68.8 Å². The lowest BCUT2D eigenvalue weighted by Gasteiger charge is -2.28. The second-order valence-corrected chi connectivity index (χ2v) is 4.54. The molecule has 5 nitrogen and oxygen atoms in total. The Hall–Kier alpha value is -0.810. The van der Waals surface area contributed by atoms with E-state index in [1.54, 1.807) is 0 Å². The Kier molecular flexibility index (Phi) is 5.55. The predicted octanol–water partition coefficient (Wildman–Crippen LogP) is 0.368. The van der Waals surface area contributed by atoms with Crippen molar-refractivity contribution in [2.75, 3.05) is 46.9 Å². The van der Waals surface area contributed by atoms with Gasteiger partial charge in [0.2, 0.25) is 0 Å². The van der Waals surface area contributed by atoms with Crippen LogP contribution in [0.3, 0.4) is 0 Å². The number of amides is 2. The van der Waals surface area contributed by atoms with Crippen molar-refractivity contribution in [3.63, 3.8) is 0 Å². The van der Waals surface area contributed by atoms with Gasteiger partial charge >= 0.3 is 6.03 Å². The fourth-order valence-corrected chi connectivity index (χ4v) is 1.59. The molecule has 1 fully saturated rings. The molecule has 1 N–H and O–H groups in total. The van der Waals surface area contributed by atoms with Gasteiger partial charge < -0.3 is 19.9 Å². The predicted molar refractivity (Wildman–Crippen MR) is 63.6 cm³/mol. The van der Waals surface area contributed by atoms with Crippen LogP contribution in [-0.2, 0) is 4.74 Å². The maximum absolute atomic E-state index is 11.8. The van der Waals surface area contributed by atoms with E-state index >= 15 is 0 Å². The summed E-state index contributed by atoms with van der Waals surface area (Å²) in [4.78, 5) is 15.7. The molecule has 1 heterocycles. The van der Waals surface area contributed by atoms with Crippen molar-refractivity contribution in [1.82, 2.24) is 15.1 Å². The average molecular weight is 229 g/mol. The Morgan fingerprint density at radius 1 is 1.44 bits per heavy atom. The zero-order valence-corrected chi connectivity index (χ0v) is 10.5. The van der Waals surface area contributed by atoms with Crippen molar-refractivity contribution < 1.29 is 9.53 Å². The largest absolute Gasteiger partial charge is 0.378 e. The van der Waals surface area contributed by atoms with Gasteiger partial charge in [-0.15, -0.1) is 0 Å². The first-order chi connectivity index (χ1) is 7.59. The zero-order chi connectivity index (χ0) is 12.0. The Morgan fingerprint density at radius 3 is 2.62 bits per heavy atom. The quantitative estimate of drug-likeness (QED) is 0.757. The van der Waals surface area contributed by atoms with Gasteiger partial charge in [0.05, 0.1) is 13.2 Å². The molecule has 0 spiro atoms. The molecule has 1 unspecified atom stereocenters. The van der Waals surface area contributed by atoms with E-state index < -0.39 is 0 Å². The van der Waals surface area contributed by atoms with E-state index in [9.17, 15) is 4.79 Å². The number of nitrogens with one attached hydrogen (secondary N) is 1. The van der Waals surface area contributed by atoms with Crippen LogP contribution >= 0.6 is 0 Å². The first-order valence-corrected chi connectivity index (χ1v) is 5.87. The zero-order valence-electron chi connectivity index (χ0n) is 10.5. The van der Waals surface area contributed by atoms with Crippen LogP contribution in [0.1, 0.15) is 13.3 Å². The Morgan fingerprint density at radius 2 is 2.06 bits per heavy atom. The van der Waals surface area contributed by atoms with E-state index in [-0.39, 0.29) is 12.1 Å². The van der Waals surface area contributed by atoms with Crippen LogP contribution in [0.5, 0.6) is 0 Å². The van der Waals surface area contributed by atoms with Crippen molar-refractivity contribution in [2.24, 2.45) is 0 Å². The fraction of sp³-hybridized carbons (Fsp3) is 0.909. The highest BCUT2D eigenvalue weighted by atomic mass is 16.5. The summed E-state index contributed by atoms with van der Waals surface area (Å²) in [6.07, 6.45) is 0.975. The van der Waals surface area contributed by atoms with Gasteiger partial charge in [-0.2, -0.15) is 0 Å². The minimum Gasteiger partial charge on any atom is -0.378 e. The van der Waals surface area contributed by atoms with Gasteiger partial charge in [0.1, 0.15) is 0 Å². The van der Waals surface area contributed by atoms with Crippen LogP contribution in [0.15, 0.2) is 0 Å². The van der Waals surface area contributed by atoms with E-state index in [2.05, 4.69) is 10.2 Å². The standard InChI is InChI=1S/C11H23N3O2/c1-10(4-5-13(2)3)12-11(15)14-6-8-16-9-7-14/h10H,4-9H2,1-3H3,(H,12,15). The van der Waals surface area contributed by atoms with Crippen molar-refractivity contribution in [3.05, 3.63) is 0 Å². The average Bonchev–Trinajstić information content (AvgIpc) is 2.27. The molecule has 1 rings (SSSR count). The number of ether oxygens (including phenoxy) is 1. The van der Waals surface area contributed by atoms with E-state index in [4.69, 9.17) is 4.74 Å². The minimum atomic E-state index is 0.0366. The highest BCUT2D eigenvalue weighted by Gasteiger charge is 2.17. The maximum atomic E-state index is 11.8. The highest BCUT2D eigenvalue weighted by molar-refractivity contribution is 5.74. The molecule has 1 aliphatic rings. The van der Waals surface area contributed by atoms with Gasteiger partial charge in [0.15, 0.2) is 0 Å². The third kappa shape index (κ3) is 4.81. The van der Waals surface area contributed by atoms with Crippen LogP contribution in [0.2, 0.25) is 0 Å². The first-order valence-electron chi connectivity index (χ1n) is 5.87. The fourth-order valence-electron chi connectivity index (χ4n) is 1.59. The molecule has 0 bridgehead atoms. The van der Waals surface area contributed by atoms with E-state index in [1.807, 2.05) is 25.9 Å². The third-order valence-electron chi connectivity index (χ3n) is 2.68. The number of carbonyl (C=O) groups excluding carboxylic acids is 1. The second kappa shape index (κ2) is 6.70. The van der Waals surface area contributed by atoms with Crippen LogP contribution in [0.4, 0.5) is 4.79 Å². The molecular weight excluding hydrogens is 206 g/mol. The maximum Gasteiger partial charge on any atom is 0.317 e. The SMILES string of the molecule is CC(CCN(C)C)NC(=O)N1CCOCC1. The van der Waals surface area contributed by atoms with Crippen LogP contribution in [0, 0.1) is 0 Å². The summed E-state index contributed by atoms with van der Waals surface area (Å²) >= 11 is 0. The van der Waals surface area contributed by atoms with Gasteiger partial charge in [-0.05, 0) is 34.0 Å². The molecular formula is C11H23N3O2. The molecule has 1 atom stereocenters. The molecule has 94 valence electrons. The van der Waals surface area contributed by atoms with Gasteiger partial charge in [-0.25, -0.2) is 4.79 Å². The number of urea groups is 1. The molecule has 0 saturated carbocycles. The lowest BCUT2D eigenvalue weighted by Crippen LogP contribution is -2.48. The minimum absolute atomic E-state index is 0.0366. The van der Waals surface area contributed by atoms with Gasteiger partial charge in [0.25, 0.3) is 0 Å². The van der Waals surface area contributed by atoms with Gasteiger partial charge in [-0.3, -0.25) is 0 Å². The topological polar surface area (TPSA) is 44.8 Å². The number of rotatable bonds is 4. The first kappa shape index (κ1) is 13.3. The van der Waals surface area contributed by atoms with Crippen LogP contribution < -0.4 is 5.32 Å². The molecule has 0 aliphatic carbocycles. The normalized spacial score (nSPS) is 18.6. The smallest absolute Gasteiger partial charge is 0.317 e. The summed E-state index contributed by atoms with van der Waals surface area (Å²) in [5.41, 5.74) is 0. The summed E-state index contributed by atoms with van der Waals surface area (Å²) < 4.78 is 5.21. The Bertz CT molecular complexity index is 215. The number of nitrogens with zero attached hydrogens (tertiary/aromatic N) is 2. The van der Waals surface area contributed by atoms with E-state index in [0.717, 1.165) is 13.0 Å². The summed E-state index contributed by atoms with van der Waals surface area (Å²) in [7, 11) is 4.08. The van der Waals surface area contributed by atoms with Gasteiger partial charge in [0, 0.05) is 19.1 Å². The lowest BCUT2D eigenvalue weighted by atomic mass is 10.2. The molecule has 0 radical (unpaired) electrons. The number of carbonyl (C=O) groups is 1. The van der Waals surface area contributed by atoms with Gasteiger partial charge in [-0.1, -0.05) is 0 Å².